The zero-order valence-electron chi connectivity index (χ0n) is 16.1. The lowest BCUT2D eigenvalue weighted by Crippen LogP contribution is -2.25. The van der Waals surface area contributed by atoms with E-state index in [4.69, 9.17) is 5.26 Å². The fraction of sp³-hybridized carbons (Fsp3) is 0.174. The average Bonchev–Trinajstić information content (AvgIpc) is 3.44. The maximum absolute atomic E-state index is 14.4. The molecule has 2 aromatic carbocycles. The minimum absolute atomic E-state index is 0.0462. The van der Waals surface area contributed by atoms with Gasteiger partial charge in [-0.05, 0) is 47.4 Å². The number of rotatable bonds is 4. The molecule has 30 heavy (non-hydrogen) atoms. The van der Waals surface area contributed by atoms with Crippen LogP contribution < -0.4 is 5.32 Å². The van der Waals surface area contributed by atoms with Gasteiger partial charge in [0.2, 0.25) is 0 Å². The molecule has 1 aliphatic rings. The van der Waals surface area contributed by atoms with Gasteiger partial charge in [0.15, 0.2) is 0 Å². The lowest BCUT2D eigenvalue weighted by atomic mass is 9.93. The predicted octanol–water partition coefficient (Wildman–Crippen LogP) is 4.38. The molecule has 0 atom stereocenters. The highest BCUT2D eigenvalue weighted by molar-refractivity contribution is 7.13. The zero-order valence-corrected chi connectivity index (χ0v) is 16.9. The van der Waals surface area contributed by atoms with Crippen LogP contribution in [0, 0.1) is 17.1 Å². The van der Waals surface area contributed by atoms with Gasteiger partial charge in [0.1, 0.15) is 11.9 Å². The monoisotopic (exact) mass is 415 g/mol. The summed E-state index contributed by atoms with van der Waals surface area (Å²) < 4.78 is 16.4. The third-order valence-corrected chi connectivity index (χ3v) is 6.24. The second-order valence-electron chi connectivity index (χ2n) is 7.21. The summed E-state index contributed by atoms with van der Waals surface area (Å²) in [5, 5.41) is 17.1. The van der Waals surface area contributed by atoms with Gasteiger partial charge in [-0.3, -0.25) is 9.67 Å². The molecule has 0 aliphatic carbocycles. The lowest BCUT2D eigenvalue weighted by molar-refractivity contribution is 0.571. The average molecular weight is 415 g/mol. The summed E-state index contributed by atoms with van der Waals surface area (Å²) in [4.78, 5) is 5.27. The molecule has 0 amide bonds. The Morgan fingerprint density at radius 3 is 2.97 bits per heavy atom. The van der Waals surface area contributed by atoms with Crippen LogP contribution in [-0.4, -0.2) is 21.3 Å². The van der Waals surface area contributed by atoms with E-state index in [0.29, 0.717) is 6.54 Å². The van der Waals surface area contributed by atoms with Gasteiger partial charge < -0.3 is 5.32 Å². The van der Waals surface area contributed by atoms with Crippen molar-refractivity contribution in [2.24, 2.45) is 0 Å². The van der Waals surface area contributed by atoms with Gasteiger partial charge in [-0.25, -0.2) is 4.39 Å². The molecule has 1 N–H and O–H groups in total. The van der Waals surface area contributed by atoms with E-state index in [0.717, 1.165) is 46.6 Å². The minimum atomic E-state index is -0.511. The number of aromatic nitrogens is 3. The van der Waals surface area contributed by atoms with Crippen LogP contribution in [0.25, 0.3) is 21.6 Å². The number of thiazole rings is 1. The van der Waals surface area contributed by atoms with Crippen molar-refractivity contribution in [3.63, 3.8) is 0 Å². The zero-order chi connectivity index (χ0) is 20.5. The summed E-state index contributed by atoms with van der Waals surface area (Å²) >= 11 is 1.55. The molecule has 4 aromatic rings. The van der Waals surface area contributed by atoms with Crippen LogP contribution in [0.3, 0.4) is 0 Å². The number of fused-ring (bicyclic) bond motifs is 1. The van der Waals surface area contributed by atoms with Crippen LogP contribution in [0.2, 0.25) is 0 Å². The largest absolute Gasteiger partial charge is 0.311 e. The third-order valence-electron chi connectivity index (χ3n) is 5.45. The van der Waals surface area contributed by atoms with Crippen LogP contribution in [-0.2, 0) is 19.5 Å². The number of hydrogen-bond donors (Lipinski definition) is 1. The molecule has 148 valence electrons. The highest BCUT2D eigenvalue weighted by atomic mass is 32.1. The first-order valence-electron chi connectivity index (χ1n) is 9.69. The molecule has 0 spiro atoms. The van der Waals surface area contributed by atoms with E-state index in [-0.39, 0.29) is 5.56 Å². The first-order valence-corrected chi connectivity index (χ1v) is 10.6. The molecule has 0 fully saturated rings. The van der Waals surface area contributed by atoms with E-state index in [9.17, 15) is 4.39 Å². The fourth-order valence-electron chi connectivity index (χ4n) is 3.97. The molecule has 0 bridgehead atoms. The van der Waals surface area contributed by atoms with Gasteiger partial charge in [-0.2, -0.15) is 10.4 Å². The van der Waals surface area contributed by atoms with E-state index < -0.39 is 5.82 Å². The van der Waals surface area contributed by atoms with Crippen LogP contribution >= 0.6 is 11.3 Å². The Morgan fingerprint density at radius 2 is 2.17 bits per heavy atom. The Bertz CT molecular complexity index is 1250. The maximum atomic E-state index is 14.4. The van der Waals surface area contributed by atoms with Crippen LogP contribution in [0.5, 0.6) is 0 Å². The fourth-order valence-corrected chi connectivity index (χ4v) is 4.68. The van der Waals surface area contributed by atoms with Gasteiger partial charge in [0.25, 0.3) is 0 Å². The number of benzene rings is 2. The smallest absolute Gasteiger partial charge is 0.141 e. The van der Waals surface area contributed by atoms with Crippen molar-refractivity contribution in [1.29, 1.82) is 5.26 Å². The molecular weight excluding hydrogens is 397 g/mol. The standard InChI is InChI=1S/C23H18FN5S/c24-20-8-15(4-5-16(20)9-25)19-3-1-2-18(23(19)22-12-27-14-30-22)13-29-21-11-26-7-6-17(21)10-28-29/h1-5,8,10,12,14,26H,6-7,11,13H2. The second-order valence-corrected chi connectivity index (χ2v) is 8.10. The first kappa shape index (κ1) is 18.7. The first-order chi connectivity index (χ1) is 14.7. The van der Waals surface area contributed by atoms with E-state index in [1.54, 1.807) is 22.9 Å². The molecule has 2 aromatic heterocycles. The van der Waals surface area contributed by atoms with Crippen LogP contribution in [0.4, 0.5) is 4.39 Å². The molecular formula is C23H18FN5S. The molecule has 0 saturated carbocycles. The van der Waals surface area contributed by atoms with Gasteiger partial charge in [0, 0.05) is 18.3 Å². The number of nitriles is 1. The molecule has 1 aliphatic heterocycles. The van der Waals surface area contributed by atoms with E-state index >= 15 is 0 Å². The minimum Gasteiger partial charge on any atom is -0.311 e. The van der Waals surface area contributed by atoms with E-state index in [1.807, 2.05) is 35.3 Å². The Labute approximate surface area is 177 Å². The Hall–Kier alpha value is -3.34. The van der Waals surface area contributed by atoms with Gasteiger partial charge in [-0.15, -0.1) is 11.3 Å². The van der Waals surface area contributed by atoms with Crippen LogP contribution in [0.15, 0.2) is 54.3 Å². The van der Waals surface area contributed by atoms with Crippen molar-refractivity contribution in [2.75, 3.05) is 6.54 Å². The molecule has 0 saturated heterocycles. The molecule has 5 rings (SSSR count). The maximum Gasteiger partial charge on any atom is 0.141 e. The topological polar surface area (TPSA) is 66.5 Å². The van der Waals surface area contributed by atoms with Gasteiger partial charge in [0.05, 0.1) is 34.4 Å². The Kier molecular flexibility index (Phi) is 4.87. The summed E-state index contributed by atoms with van der Waals surface area (Å²) in [5.74, 6) is -0.511. The molecule has 5 nitrogen and oxygen atoms in total. The van der Waals surface area contributed by atoms with Crippen molar-refractivity contribution in [1.82, 2.24) is 20.1 Å². The van der Waals surface area contributed by atoms with Crippen molar-refractivity contribution in [3.8, 4) is 27.6 Å². The van der Waals surface area contributed by atoms with E-state index in [2.05, 4.69) is 21.5 Å². The normalized spacial score (nSPS) is 13.1. The molecule has 7 heteroatoms. The Balaban J connectivity index is 1.64. The summed E-state index contributed by atoms with van der Waals surface area (Å²) in [6.07, 6.45) is 4.79. The highest BCUT2D eigenvalue weighted by Gasteiger charge is 2.19. The van der Waals surface area contributed by atoms with Gasteiger partial charge >= 0.3 is 0 Å². The Morgan fingerprint density at radius 1 is 1.23 bits per heavy atom. The predicted molar refractivity (Wildman–Crippen MR) is 114 cm³/mol. The summed E-state index contributed by atoms with van der Waals surface area (Å²) in [6.45, 7) is 2.41. The number of hydrogen-bond acceptors (Lipinski definition) is 5. The van der Waals surface area contributed by atoms with Crippen molar-refractivity contribution in [2.45, 2.75) is 19.5 Å². The summed E-state index contributed by atoms with van der Waals surface area (Å²) in [6, 6.07) is 12.7. The lowest BCUT2D eigenvalue weighted by Gasteiger charge is -2.18. The SMILES string of the molecule is N#Cc1ccc(-c2cccc(Cn3ncc4c3CNCC4)c2-c2cncs2)cc1F. The number of nitrogens with one attached hydrogen (secondary N) is 1. The van der Waals surface area contributed by atoms with Gasteiger partial charge in [-0.1, -0.05) is 24.3 Å². The molecule has 3 heterocycles. The molecule has 0 unspecified atom stereocenters. The number of nitrogens with zero attached hydrogens (tertiary/aromatic N) is 4. The number of halogens is 1. The highest BCUT2D eigenvalue weighted by Crippen LogP contribution is 2.38. The third kappa shape index (κ3) is 3.30. The quantitative estimate of drug-likeness (QED) is 0.537. The second kappa shape index (κ2) is 7.82. The van der Waals surface area contributed by atoms with Crippen LogP contribution in [0.1, 0.15) is 22.4 Å². The summed E-state index contributed by atoms with van der Waals surface area (Å²) in [5.41, 5.74) is 8.12. The van der Waals surface area contributed by atoms with Crippen molar-refractivity contribution in [3.05, 3.63) is 82.5 Å². The summed E-state index contributed by atoms with van der Waals surface area (Å²) in [7, 11) is 0. The van der Waals surface area contributed by atoms with E-state index in [1.165, 1.54) is 23.4 Å². The van der Waals surface area contributed by atoms with Crippen molar-refractivity contribution < 1.29 is 4.39 Å². The van der Waals surface area contributed by atoms with Crippen molar-refractivity contribution >= 4 is 11.3 Å². The molecule has 0 radical (unpaired) electrons.